The Morgan fingerprint density at radius 2 is 1.78 bits per heavy atom. The molecule has 0 aliphatic heterocycles. The Kier molecular flexibility index (Phi) is 4.09. The van der Waals surface area contributed by atoms with E-state index in [1.165, 1.54) is 5.56 Å². The molecule has 0 saturated carbocycles. The third-order valence-corrected chi connectivity index (χ3v) is 4.45. The zero-order valence-electron chi connectivity index (χ0n) is 13.6. The molecule has 0 aliphatic rings. The second kappa shape index (κ2) is 6.05. The van der Waals surface area contributed by atoms with E-state index in [-0.39, 0.29) is 5.41 Å². The summed E-state index contributed by atoms with van der Waals surface area (Å²) in [6.07, 6.45) is 0. The van der Waals surface area contributed by atoms with Crippen molar-refractivity contribution in [3.8, 4) is 11.3 Å². The molecule has 0 spiro atoms. The van der Waals surface area contributed by atoms with Gasteiger partial charge in [-0.1, -0.05) is 45.0 Å². The van der Waals surface area contributed by atoms with Gasteiger partial charge >= 0.3 is 0 Å². The fraction of sp³-hybridized carbons (Fsp3) is 0.211. The van der Waals surface area contributed by atoms with Gasteiger partial charge in [0.05, 0.1) is 5.69 Å². The average Bonchev–Trinajstić information content (AvgIpc) is 2.95. The number of aromatic nitrogens is 1. The van der Waals surface area contributed by atoms with Gasteiger partial charge in [-0.15, -0.1) is 11.3 Å². The smallest absolute Gasteiger partial charge is 0.187 e. The molecule has 3 nitrogen and oxygen atoms in total. The van der Waals surface area contributed by atoms with Crippen molar-refractivity contribution in [2.24, 2.45) is 0 Å². The van der Waals surface area contributed by atoms with Crippen molar-refractivity contribution in [3.63, 3.8) is 0 Å². The summed E-state index contributed by atoms with van der Waals surface area (Å²) in [4.78, 5) is 4.64. The third kappa shape index (κ3) is 3.71. The van der Waals surface area contributed by atoms with Crippen LogP contribution < -0.4 is 11.1 Å². The lowest BCUT2D eigenvalue weighted by Crippen LogP contribution is -2.10. The molecule has 0 amide bonds. The predicted molar refractivity (Wildman–Crippen MR) is 100 cm³/mol. The Bertz CT molecular complexity index is 798. The number of anilines is 3. The molecule has 1 heterocycles. The highest BCUT2D eigenvalue weighted by molar-refractivity contribution is 7.14. The van der Waals surface area contributed by atoms with Crippen LogP contribution in [0.4, 0.5) is 16.5 Å². The first-order valence-electron chi connectivity index (χ1n) is 7.61. The largest absolute Gasteiger partial charge is 0.399 e. The Morgan fingerprint density at radius 1 is 1.04 bits per heavy atom. The van der Waals surface area contributed by atoms with Gasteiger partial charge in [-0.25, -0.2) is 4.98 Å². The fourth-order valence-electron chi connectivity index (χ4n) is 2.34. The second-order valence-corrected chi connectivity index (χ2v) is 7.47. The van der Waals surface area contributed by atoms with Crippen LogP contribution in [0.2, 0.25) is 0 Å². The minimum Gasteiger partial charge on any atom is -0.399 e. The molecular formula is C19H21N3S. The van der Waals surface area contributed by atoms with E-state index in [1.807, 2.05) is 29.6 Å². The maximum Gasteiger partial charge on any atom is 0.187 e. The number of rotatable bonds is 3. The van der Waals surface area contributed by atoms with Gasteiger partial charge in [0.25, 0.3) is 0 Å². The van der Waals surface area contributed by atoms with Crippen molar-refractivity contribution >= 4 is 27.8 Å². The topological polar surface area (TPSA) is 50.9 Å². The molecule has 0 bridgehead atoms. The number of nitrogens with one attached hydrogen (secondary N) is 1. The third-order valence-electron chi connectivity index (χ3n) is 3.69. The fourth-order valence-corrected chi connectivity index (χ4v) is 3.08. The summed E-state index contributed by atoms with van der Waals surface area (Å²) in [5, 5.41) is 6.29. The lowest BCUT2D eigenvalue weighted by Gasteiger charge is -2.19. The Morgan fingerprint density at radius 3 is 2.43 bits per heavy atom. The lowest BCUT2D eigenvalue weighted by atomic mass is 9.87. The molecule has 0 fully saturated rings. The predicted octanol–water partition coefficient (Wildman–Crippen LogP) is 5.43. The Balaban J connectivity index is 1.77. The quantitative estimate of drug-likeness (QED) is 0.632. The monoisotopic (exact) mass is 323 g/mol. The van der Waals surface area contributed by atoms with E-state index < -0.39 is 0 Å². The molecule has 3 N–H and O–H groups in total. The number of nitrogens with two attached hydrogens (primary N) is 1. The summed E-state index contributed by atoms with van der Waals surface area (Å²) < 4.78 is 0. The van der Waals surface area contributed by atoms with E-state index in [2.05, 4.69) is 55.3 Å². The van der Waals surface area contributed by atoms with Crippen molar-refractivity contribution in [2.75, 3.05) is 11.1 Å². The van der Waals surface area contributed by atoms with Gasteiger partial charge < -0.3 is 11.1 Å². The highest BCUT2D eigenvalue weighted by Crippen LogP contribution is 2.29. The van der Waals surface area contributed by atoms with E-state index >= 15 is 0 Å². The lowest BCUT2D eigenvalue weighted by molar-refractivity contribution is 0.590. The van der Waals surface area contributed by atoms with Crippen molar-refractivity contribution in [2.45, 2.75) is 26.2 Å². The van der Waals surface area contributed by atoms with Crippen LogP contribution in [0.15, 0.2) is 53.9 Å². The van der Waals surface area contributed by atoms with E-state index in [9.17, 15) is 0 Å². The normalized spacial score (nSPS) is 11.4. The number of benzene rings is 2. The molecular weight excluding hydrogens is 302 g/mol. The van der Waals surface area contributed by atoms with Crippen molar-refractivity contribution in [1.82, 2.24) is 4.98 Å². The maximum atomic E-state index is 5.84. The first-order chi connectivity index (χ1) is 10.9. The van der Waals surface area contributed by atoms with Gasteiger partial charge in [0, 0.05) is 22.3 Å². The SMILES string of the molecule is CC(C)(C)c1ccc(Nc2nc(-c3cccc(N)c3)cs2)cc1. The Hall–Kier alpha value is -2.33. The van der Waals surface area contributed by atoms with Crippen LogP contribution in [0.25, 0.3) is 11.3 Å². The van der Waals surface area contributed by atoms with E-state index in [1.54, 1.807) is 11.3 Å². The summed E-state index contributed by atoms with van der Waals surface area (Å²) in [6.45, 7) is 6.65. The summed E-state index contributed by atoms with van der Waals surface area (Å²) in [5.41, 5.74) is 11.1. The van der Waals surface area contributed by atoms with Crippen LogP contribution in [0.3, 0.4) is 0 Å². The van der Waals surface area contributed by atoms with Crippen LogP contribution in [-0.2, 0) is 5.41 Å². The molecule has 0 aliphatic carbocycles. The highest BCUT2D eigenvalue weighted by Gasteiger charge is 2.13. The second-order valence-electron chi connectivity index (χ2n) is 6.62. The number of nitrogen functional groups attached to an aromatic ring is 1. The van der Waals surface area contributed by atoms with Gasteiger partial charge in [-0.3, -0.25) is 0 Å². The number of nitrogens with zero attached hydrogens (tertiary/aromatic N) is 1. The molecule has 4 heteroatoms. The average molecular weight is 323 g/mol. The zero-order chi connectivity index (χ0) is 16.4. The zero-order valence-corrected chi connectivity index (χ0v) is 14.4. The Labute approximate surface area is 141 Å². The highest BCUT2D eigenvalue weighted by atomic mass is 32.1. The number of hydrogen-bond acceptors (Lipinski definition) is 4. The minimum atomic E-state index is 0.167. The first kappa shape index (κ1) is 15.6. The van der Waals surface area contributed by atoms with Gasteiger partial charge in [0.1, 0.15) is 0 Å². The summed E-state index contributed by atoms with van der Waals surface area (Å²) in [5.74, 6) is 0. The molecule has 2 aromatic carbocycles. The molecule has 0 unspecified atom stereocenters. The van der Waals surface area contributed by atoms with E-state index in [0.29, 0.717) is 0 Å². The van der Waals surface area contributed by atoms with E-state index in [4.69, 9.17) is 5.73 Å². The van der Waals surface area contributed by atoms with Gasteiger partial charge in [0.2, 0.25) is 0 Å². The summed E-state index contributed by atoms with van der Waals surface area (Å²) in [6, 6.07) is 16.3. The van der Waals surface area contributed by atoms with E-state index in [0.717, 1.165) is 27.8 Å². The van der Waals surface area contributed by atoms with Gasteiger partial charge in [-0.2, -0.15) is 0 Å². The molecule has 1 aromatic heterocycles. The van der Waals surface area contributed by atoms with Gasteiger partial charge in [0.15, 0.2) is 5.13 Å². The number of hydrogen-bond donors (Lipinski definition) is 2. The van der Waals surface area contributed by atoms with Crippen LogP contribution >= 0.6 is 11.3 Å². The molecule has 118 valence electrons. The van der Waals surface area contributed by atoms with Crippen molar-refractivity contribution < 1.29 is 0 Å². The number of thiazole rings is 1. The maximum absolute atomic E-state index is 5.84. The standard InChI is InChI=1S/C19H21N3S/c1-19(2,3)14-7-9-16(10-8-14)21-18-22-17(12-23-18)13-5-4-6-15(20)11-13/h4-12H,20H2,1-3H3,(H,21,22). The van der Waals surface area contributed by atoms with Crippen LogP contribution in [-0.4, -0.2) is 4.98 Å². The molecule has 0 radical (unpaired) electrons. The van der Waals surface area contributed by atoms with Crippen LogP contribution in [0, 0.1) is 0 Å². The van der Waals surface area contributed by atoms with Crippen molar-refractivity contribution in [1.29, 1.82) is 0 Å². The van der Waals surface area contributed by atoms with Crippen molar-refractivity contribution in [3.05, 3.63) is 59.5 Å². The molecule has 0 saturated heterocycles. The molecule has 3 aromatic rings. The summed E-state index contributed by atoms with van der Waals surface area (Å²) in [7, 11) is 0. The van der Waals surface area contributed by atoms with Crippen LogP contribution in [0.1, 0.15) is 26.3 Å². The van der Waals surface area contributed by atoms with Crippen LogP contribution in [0.5, 0.6) is 0 Å². The molecule has 23 heavy (non-hydrogen) atoms. The molecule has 3 rings (SSSR count). The molecule has 0 atom stereocenters. The first-order valence-corrected chi connectivity index (χ1v) is 8.49. The summed E-state index contributed by atoms with van der Waals surface area (Å²) >= 11 is 1.59. The minimum absolute atomic E-state index is 0.167. The van der Waals surface area contributed by atoms with Gasteiger partial charge in [-0.05, 0) is 35.2 Å².